The molecule has 0 fully saturated rings. The van der Waals surface area contributed by atoms with E-state index in [0.717, 1.165) is 0 Å². The highest BCUT2D eigenvalue weighted by Gasteiger charge is 2.26. The maximum Gasteiger partial charge on any atom is 0.258 e. The topological polar surface area (TPSA) is 108 Å². The van der Waals surface area contributed by atoms with Crippen LogP contribution in [-0.2, 0) is 9.59 Å². The SMILES string of the molecule is CCOc1ccc(Cl)c(N=NC(C(C)=O)C(=O)Nc2ccc(OC)c(Cl)c2OC)c1OCC. The number of Topliss-reactive ketones (excluding diaryl/α,β-unsaturated/α-hetero) is 1. The molecule has 0 heterocycles. The Morgan fingerprint density at radius 3 is 2.21 bits per heavy atom. The fourth-order valence-electron chi connectivity index (χ4n) is 2.80. The Bertz CT molecular complexity index is 1050. The van der Waals surface area contributed by atoms with E-state index < -0.39 is 17.7 Å². The smallest absolute Gasteiger partial charge is 0.258 e. The minimum Gasteiger partial charge on any atom is -0.495 e. The molecule has 0 radical (unpaired) electrons. The van der Waals surface area contributed by atoms with Gasteiger partial charge in [0.05, 0.1) is 38.1 Å². The van der Waals surface area contributed by atoms with Crippen LogP contribution in [-0.4, -0.2) is 45.2 Å². The van der Waals surface area contributed by atoms with E-state index >= 15 is 0 Å². The first-order chi connectivity index (χ1) is 15.8. The average Bonchev–Trinajstić information content (AvgIpc) is 2.77. The van der Waals surface area contributed by atoms with Crippen LogP contribution in [0.1, 0.15) is 20.8 Å². The predicted molar refractivity (Wildman–Crippen MR) is 126 cm³/mol. The summed E-state index contributed by atoms with van der Waals surface area (Å²) in [6.07, 6.45) is 0. The van der Waals surface area contributed by atoms with Gasteiger partial charge in [-0.1, -0.05) is 23.2 Å². The highest BCUT2D eigenvalue weighted by atomic mass is 35.5. The third-order valence-corrected chi connectivity index (χ3v) is 4.95. The number of anilines is 1. The second kappa shape index (κ2) is 12.3. The first-order valence-electron chi connectivity index (χ1n) is 9.99. The van der Waals surface area contributed by atoms with Crippen LogP contribution in [0.25, 0.3) is 0 Å². The van der Waals surface area contributed by atoms with Gasteiger partial charge in [-0.3, -0.25) is 9.59 Å². The monoisotopic (exact) mass is 497 g/mol. The van der Waals surface area contributed by atoms with Gasteiger partial charge in [-0.05, 0) is 45.0 Å². The molecular weight excluding hydrogens is 473 g/mol. The standard InChI is InChI=1S/C22H25Cl2N3O6/c1-6-32-16-10-8-13(23)19(21(16)33-7-2)27-26-18(12(3)28)22(29)25-14-9-11-15(30-4)17(24)20(14)31-5/h8-11,18H,6-7H2,1-5H3,(H,25,29). The highest BCUT2D eigenvalue weighted by Crippen LogP contribution is 2.43. The molecule has 0 aromatic heterocycles. The van der Waals surface area contributed by atoms with Crippen LogP contribution in [0.4, 0.5) is 11.4 Å². The first-order valence-corrected chi connectivity index (χ1v) is 10.7. The number of ketones is 1. The number of benzene rings is 2. The normalized spacial score (nSPS) is 11.7. The maximum atomic E-state index is 12.9. The zero-order chi connectivity index (χ0) is 24.5. The molecule has 1 atom stereocenters. The zero-order valence-electron chi connectivity index (χ0n) is 18.9. The average molecular weight is 498 g/mol. The second-order valence-electron chi connectivity index (χ2n) is 6.47. The molecule has 0 aliphatic carbocycles. The number of methoxy groups -OCH3 is 2. The molecule has 1 unspecified atom stereocenters. The van der Waals surface area contributed by atoms with E-state index in [1.165, 1.54) is 27.2 Å². The molecule has 0 spiro atoms. The van der Waals surface area contributed by atoms with Crippen LogP contribution >= 0.6 is 23.2 Å². The third-order valence-electron chi connectivity index (χ3n) is 4.28. The van der Waals surface area contributed by atoms with Crippen molar-refractivity contribution in [3.8, 4) is 23.0 Å². The van der Waals surface area contributed by atoms with Gasteiger partial charge in [0, 0.05) is 0 Å². The van der Waals surface area contributed by atoms with E-state index in [1.54, 1.807) is 25.1 Å². The van der Waals surface area contributed by atoms with Crippen molar-refractivity contribution in [2.75, 3.05) is 32.8 Å². The fraction of sp³-hybridized carbons (Fsp3) is 0.364. The number of azo groups is 1. The Hall–Kier alpha value is -3.04. The van der Waals surface area contributed by atoms with Gasteiger partial charge in [0.15, 0.2) is 23.0 Å². The van der Waals surface area contributed by atoms with Crippen LogP contribution < -0.4 is 24.3 Å². The van der Waals surface area contributed by atoms with E-state index in [2.05, 4.69) is 15.5 Å². The maximum absolute atomic E-state index is 12.9. The molecule has 0 saturated carbocycles. The molecule has 178 valence electrons. The van der Waals surface area contributed by atoms with Gasteiger partial charge in [-0.25, -0.2) is 0 Å². The van der Waals surface area contributed by atoms with Gasteiger partial charge >= 0.3 is 0 Å². The molecule has 11 heteroatoms. The summed E-state index contributed by atoms with van der Waals surface area (Å²) >= 11 is 12.5. The summed E-state index contributed by atoms with van der Waals surface area (Å²) in [4.78, 5) is 25.1. The quantitative estimate of drug-likeness (QED) is 0.324. The van der Waals surface area contributed by atoms with Crippen molar-refractivity contribution < 1.29 is 28.5 Å². The minimum absolute atomic E-state index is 0.147. The lowest BCUT2D eigenvalue weighted by atomic mass is 10.2. The number of nitrogens with zero attached hydrogens (tertiary/aromatic N) is 2. The van der Waals surface area contributed by atoms with Gasteiger partial charge in [0.1, 0.15) is 16.5 Å². The number of carbonyl (C=O) groups excluding carboxylic acids is 2. The van der Waals surface area contributed by atoms with Crippen molar-refractivity contribution in [1.82, 2.24) is 0 Å². The predicted octanol–water partition coefficient (Wildman–Crippen LogP) is 5.49. The lowest BCUT2D eigenvalue weighted by molar-refractivity contribution is -0.126. The van der Waals surface area contributed by atoms with E-state index in [-0.39, 0.29) is 32.9 Å². The van der Waals surface area contributed by atoms with E-state index in [4.69, 9.17) is 42.1 Å². The molecule has 2 aromatic carbocycles. The number of hydrogen-bond acceptors (Lipinski definition) is 8. The number of hydrogen-bond donors (Lipinski definition) is 1. The number of rotatable bonds is 11. The van der Waals surface area contributed by atoms with Crippen LogP contribution in [0.5, 0.6) is 23.0 Å². The van der Waals surface area contributed by atoms with Crippen LogP contribution in [0.15, 0.2) is 34.5 Å². The Labute approximate surface area is 202 Å². The number of carbonyl (C=O) groups is 2. The molecule has 1 N–H and O–H groups in total. The summed E-state index contributed by atoms with van der Waals surface area (Å²) in [7, 11) is 2.84. The summed E-state index contributed by atoms with van der Waals surface area (Å²) in [5.41, 5.74) is 0.384. The number of halogens is 2. The Morgan fingerprint density at radius 2 is 1.64 bits per heavy atom. The van der Waals surface area contributed by atoms with Gasteiger partial charge in [-0.2, -0.15) is 5.11 Å². The minimum atomic E-state index is -1.46. The molecule has 9 nitrogen and oxygen atoms in total. The lowest BCUT2D eigenvalue weighted by Crippen LogP contribution is -2.32. The Morgan fingerprint density at radius 1 is 0.970 bits per heavy atom. The molecular formula is C22H25Cl2N3O6. The van der Waals surface area contributed by atoms with Crippen LogP contribution in [0.3, 0.4) is 0 Å². The molecule has 2 rings (SSSR count). The summed E-state index contributed by atoms with van der Waals surface area (Å²) in [6, 6.07) is 4.84. The number of nitrogens with one attached hydrogen (secondary N) is 1. The molecule has 2 aromatic rings. The van der Waals surface area contributed by atoms with Gasteiger partial charge < -0.3 is 24.3 Å². The largest absolute Gasteiger partial charge is 0.495 e. The molecule has 1 amide bonds. The zero-order valence-corrected chi connectivity index (χ0v) is 20.4. The third kappa shape index (κ3) is 6.27. The van der Waals surface area contributed by atoms with Crippen molar-refractivity contribution >= 4 is 46.3 Å². The van der Waals surface area contributed by atoms with E-state index in [0.29, 0.717) is 24.7 Å². The van der Waals surface area contributed by atoms with Crippen molar-refractivity contribution in [3.63, 3.8) is 0 Å². The molecule has 0 saturated heterocycles. The van der Waals surface area contributed by atoms with Gasteiger partial charge in [0.25, 0.3) is 5.91 Å². The van der Waals surface area contributed by atoms with E-state index in [1.807, 2.05) is 6.92 Å². The van der Waals surface area contributed by atoms with Crippen molar-refractivity contribution in [2.24, 2.45) is 10.2 Å². The van der Waals surface area contributed by atoms with Crippen LogP contribution in [0.2, 0.25) is 10.0 Å². The Kier molecular flexibility index (Phi) is 9.74. The number of ether oxygens (including phenoxy) is 4. The lowest BCUT2D eigenvalue weighted by Gasteiger charge is -2.16. The van der Waals surface area contributed by atoms with Crippen LogP contribution in [0, 0.1) is 0 Å². The van der Waals surface area contributed by atoms with Gasteiger partial charge in [-0.15, -0.1) is 5.11 Å². The van der Waals surface area contributed by atoms with Gasteiger partial charge in [0.2, 0.25) is 6.04 Å². The molecule has 33 heavy (non-hydrogen) atoms. The van der Waals surface area contributed by atoms with Crippen molar-refractivity contribution in [2.45, 2.75) is 26.8 Å². The second-order valence-corrected chi connectivity index (χ2v) is 7.25. The van der Waals surface area contributed by atoms with Crippen molar-refractivity contribution in [3.05, 3.63) is 34.3 Å². The van der Waals surface area contributed by atoms with Crippen molar-refractivity contribution in [1.29, 1.82) is 0 Å². The number of amides is 1. The molecule has 0 bridgehead atoms. The Balaban J connectivity index is 2.39. The summed E-state index contributed by atoms with van der Waals surface area (Å²) in [5.74, 6) is -0.0527. The summed E-state index contributed by atoms with van der Waals surface area (Å²) < 4.78 is 21.6. The highest BCUT2D eigenvalue weighted by molar-refractivity contribution is 6.34. The molecule has 0 aliphatic heterocycles. The van der Waals surface area contributed by atoms with E-state index in [9.17, 15) is 9.59 Å². The fourth-order valence-corrected chi connectivity index (χ4v) is 3.31. The summed E-state index contributed by atoms with van der Waals surface area (Å²) in [5, 5.41) is 11.0. The summed E-state index contributed by atoms with van der Waals surface area (Å²) in [6.45, 7) is 5.54. The first kappa shape index (κ1) is 26.2. The molecule has 0 aliphatic rings.